The fourth-order valence-electron chi connectivity index (χ4n) is 1.33. The standard InChI is InChI=1S/C12H19N3O2/c1-4-12(2,3)14-10(16)8-15-7-9(13)5-6-11(15)17/h5-7H,4,8,13H2,1-3H3,(H,14,16). The molecular formula is C12H19N3O2. The molecule has 0 aliphatic carbocycles. The van der Waals surface area contributed by atoms with E-state index in [0.29, 0.717) is 5.69 Å². The van der Waals surface area contributed by atoms with Crippen LogP contribution >= 0.6 is 0 Å². The van der Waals surface area contributed by atoms with Gasteiger partial charge in [-0.25, -0.2) is 0 Å². The van der Waals surface area contributed by atoms with Crippen LogP contribution in [-0.2, 0) is 11.3 Å². The van der Waals surface area contributed by atoms with Crippen LogP contribution in [0.25, 0.3) is 0 Å². The molecule has 0 bridgehead atoms. The van der Waals surface area contributed by atoms with E-state index in [1.807, 2.05) is 20.8 Å². The number of nitrogens with one attached hydrogen (secondary N) is 1. The van der Waals surface area contributed by atoms with Crippen LogP contribution in [0.15, 0.2) is 23.1 Å². The largest absolute Gasteiger partial charge is 0.398 e. The summed E-state index contributed by atoms with van der Waals surface area (Å²) in [5.74, 6) is -0.190. The molecule has 0 aliphatic rings. The summed E-state index contributed by atoms with van der Waals surface area (Å²) in [5.41, 5.74) is 5.53. The summed E-state index contributed by atoms with van der Waals surface area (Å²) >= 11 is 0. The lowest BCUT2D eigenvalue weighted by atomic mass is 10.0. The molecule has 0 spiro atoms. The molecular weight excluding hydrogens is 218 g/mol. The Morgan fingerprint density at radius 1 is 1.47 bits per heavy atom. The molecule has 0 fully saturated rings. The number of nitrogens with zero attached hydrogens (tertiary/aromatic N) is 1. The molecule has 3 N–H and O–H groups in total. The highest BCUT2D eigenvalue weighted by Crippen LogP contribution is 2.06. The molecule has 1 rings (SSSR count). The van der Waals surface area contributed by atoms with Gasteiger partial charge in [-0.2, -0.15) is 0 Å². The molecule has 0 saturated carbocycles. The zero-order valence-corrected chi connectivity index (χ0v) is 10.5. The highest BCUT2D eigenvalue weighted by molar-refractivity contribution is 5.76. The summed E-state index contributed by atoms with van der Waals surface area (Å²) in [7, 11) is 0. The molecule has 0 saturated heterocycles. The lowest BCUT2D eigenvalue weighted by Crippen LogP contribution is -2.45. The number of amides is 1. The number of nitrogens with two attached hydrogens (primary N) is 1. The third-order valence-electron chi connectivity index (χ3n) is 2.68. The molecule has 0 atom stereocenters. The first-order valence-electron chi connectivity index (χ1n) is 5.61. The zero-order chi connectivity index (χ0) is 13.1. The minimum atomic E-state index is -0.263. The maximum absolute atomic E-state index is 11.7. The van der Waals surface area contributed by atoms with Crippen LogP contribution in [-0.4, -0.2) is 16.0 Å². The van der Waals surface area contributed by atoms with Crippen LogP contribution < -0.4 is 16.6 Å². The average Bonchev–Trinajstić information content (AvgIpc) is 2.23. The zero-order valence-electron chi connectivity index (χ0n) is 10.5. The molecule has 0 radical (unpaired) electrons. The summed E-state index contributed by atoms with van der Waals surface area (Å²) in [6.45, 7) is 5.86. The van der Waals surface area contributed by atoms with E-state index in [4.69, 9.17) is 5.73 Å². The van der Waals surface area contributed by atoms with Gasteiger partial charge in [0.25, 0.3) is 5.56 Å². The third kappa shape index (κ3) is 3.94. The predicted octanol–water partition coefficient (Wildman–Crippen LogP) is 0.735. The Kier molecular flexibility index (Phi) is 3.93. The molecule has 5 heteroatoms. The van der Waals surface area contributed by atoms with Crippen molar-refractivity contribution in [2.45, 2.75) is 39.3 Å². The molecule has 0 aliphatic heterocycles. The Morgan fingerprint density at radius 2 is 2.12 bits per heavy atom. The van der Waals surface area contributed by atoms with Gasteiger partial charge in [0, 0.05) is 23.5 Å². The summed E-state index contributed by atoms with van der Waals surface area (Å²) in [5, 5.41) is 2.86. The van der Waals surface area contributed by atoms with Crippen molar-refractivity contribution in [3.05, 3.63) is 28.7 Å². The molecule has 5 nitrogen and oxygen atoms in total. The van der Waals surface area contributed by atoms with Crippen LogP contribution in [0.3, 0.4) is 0 Å². The van der Waals surface area contributed by atoms with Gasteiger partial charge in [0.2, 0.25) is 5.91 Å². The Hall–Kier alpha value is -1.78. The smallest absolute Gasteiger partial charge is 0.251 e. The Bertz CT molecular complexity index is 463. The van der Waals surface area contributed by atoms with E-state index in [2.05, 4.69) is 5.32 Å². The summed E-state index contributed by atoms with van der Waals surface area (Å²) in [6.07, 6.45) is 2.30. The highest BCUT2D eigenvalue weighted by atomic mass is 16.2. The van der Waals surface area contributed by atoms with Gasteiger partial charge >= 0.3 is 0 Å². The van der Waals surface area contributed by atoms with Crippen LogP contribution in [0.2, 0.25) is 0 Å². The van der Waals surface area contributed by atoms with Crippen LogP contribution in [0.4, 0.5) is 5.69 Å². The number of aromatic nitrogens is 1. The Labute approximate surface area is 101 Å². The van der Waals surface area contributed by atoms with Crippen LogP contribution in [0.5, 0.6) is 0 Å². The number of carbonyl (C=O) groups excluding carboxylic acids is 1. The summed E-state index contributed by atoms with van der Waals surface area (Å²) < 4.78 is 1.30. The molecule has 0 unspecified atom stereocenters. The molecule has 1 aromatic rings. The van der Waals surface area contributed by atoms with Crippen LogP contribution in [0.1, 0.15) is 27.2 Å². The second-order valence-electron chi connectivity index (χ2n) is 4.71. The van der Waals surface area contributed by atoms with Crippen molar-refractivity contribution in [1.82, 2.24) is 9.88 Å². The molecule has 17 heavy (non-hydrogen) atoms. The topological polar surface area (TPSA) is 77.1 Å². The second kappa shape index (κ2) is 5.03. The Balaban J connectivity index is 2.75. The van der Waals surface area contributed by atoms with Gasteiger partial charge in [0.15, 0.2) is 0 Å². The van der Waals surface area contributed by atoms with Crippen molar-refractivity contribution in [3.63, 3.8) is 0 Å². The maximum Gasteiger partial charge on any atom is 0.251 e. The average molecular weight is 237 g/mol. The van der Waals surface area contributed by atoms with Gasteiger partial charge in [-0.1, -0.05) is 6.92 Å². The van der Waals surface area contributed by atoms with Gasteiger partial charge in [-0.05, 0) is 26.3 Å². The van der Waals surface area contributed by atoms with Crippen molar-refractivity contribution < 1.29 is 4.79 Å². The normalized spacial score (nSPS) is 11.2. The molecule has 94 valence electrons. The van der Waals surface area contributed by atoms with Crippen molar-refractivity contribution in [3.8, 4) is 0 Å². The van der Waals surface area contributed by atoms with Crippen molar-refractivity contribution >= 4 is 11.6 Å². The highest BCUT2D eigenvalue weighted by Gasteiger charge is 2.17. The predicted molar refractivity (Wildman–Crippen MR) is 67.6 cm³/mol. The van der Waals surface area contributed by atoms with Crippen molar-refractivity contribution in [1.29, 1.82) is 0 Å². The Morgan fingerprint density at radius 3 is 2.71 bits per heavy atom. The maximum atomic E-state index is 11.7. The summed E-state index contributed by atoms with van der Waals surface area (Å²) in [6, 6.07) is 2.88. The quantitative estimate of drug-likeness (QED) is 0.810. The van der Waals surface area contributed by atoms with Gasteiger partial charge in [0.1, 0.15) is 6.54 Å². The number of carbonyl (C=O) groups is 1. The SMILES string of the molecule is CCC(C)(C)NC(=O)Cn1cc(N)ccc1=O. The number of rotatable bonds is 4. The van der Waals surface area contributed by atoms with E-state index in [9.17, 15) is 9.59 Å². The van der Waals surface area contributed by atoms with Gasteiger partial charge < -0.3 is 15.6 Å². The summed E-state index contributed by atoms with van der Waals surface area (Å²) in [4.78, 5) is 23.2. The lowest BCUT2D eigenvalue weighted by Gasteiger charge is -2.24. The van der Waals surface area contributed by atoms with Crippen molar-refractivity contribution in [2.75, 3.05) is 5.73 Å². The first-order chi connectivity index (χ1) is 7.84. The van der Waals surface area contributed by atoms with Crippen molar-refractivity contribution in [2.24, 2.45) is 0 Å². The molecule has 1 aromatic heterocycles. The molecule has 0 aromatic carbocycles. The van der Waals surface area contributed by atoms with E-state index < -0.39 is 0 Å². The third-order valence-corrected chi connectivity index (χ3v) is 2.68. The number of hydrogen-bond acceptors (Lipinski definition) is 3. The number of anilines is 1. The lowest BCUT2D eigenvalue weighted by molar-refractivity contribution is -0.123. The number of hydrogen-bond donors (Lipinski definition) is 2. The fraction of sp³-hybridized carbons (Fsp3) is 0.500. The van der Waals surface area contributed by atoms with E-state index in [0.717, 1.165) is 6.42 Å². The number of nitrogen functional groups attached to an aromatic ring is 1. The number of pyridine rings is 1. The fourth-order valence-corrected chi connectivity index (χ4v) is 1.33. The van der Waals surface area contributed by atoms with Gasteiger partial charge in [-0.15, -0.1) is 0 Å². The minimum Gasteiger partial charge on any atom is -0.398 e. The monoisotopic (exact) mass is 237 g/mol. The first kappa shape index (κ1) is 13.3. The van der Waals surface area contributed by atoms with Crippen LogP contribution in [0, 0.1) is 0 Å². The van der Waals surface area contributed by atoms with E-state index in [1.165, 1.54) is 22.9 Å². The molecule has 1 heterocycles. The van der Waals surface area contributed by atoms with E-state index >= 15 is 0 Å². The molecule has 1 amide bonds. The van der Waals surface area contributed by atoms with Gasteiger partial charge in [-0.3, -0.25) is 9.59 Å². The van der Waals surface area contributed by atoms with Gasteiger partial charge in [0.05, 0.1) is 0 Å². The minimum absolute atomic E-state index is 0.00664. The van der Waals surface area contributed by atoms with E-state index in [1.54, 1.807) is 0 Å². The first-order valence-corrected chi connectivity index (χ1v) is 5.61. The van der Waals surface area contributed by atoms with E-state index in [-0.39, 0.29) is 23.6 Å². The second-order valence-corrected chi connectivity index (χ2v) is 4.71.